The summed E-state index contributed by atoms with van der Waals surface area (Å²) in [5.74, 6) is 2.65. The average molecular weight is 379 g/mol. The highest BCUT2D eigenvalue weighted by Crippen LogP contribution is 2.60. The molecular weight excluding hydrogens is 353 g/mol. The summed E-state index contributed by atoms with van der Waals surface area (Å²) < 4.78 is 20.1. The van der Waals surface area contributed by atoms with Crippen LogP contribution in [0.15, 0.2) is 42.5 Å². The van der Waals surface area contributed by atoms with Crippen LogP contribution in [0.2, 0.25) is 0 Å². The third kappa shape index (κ3) is 2.99. The fourth-order valence-electron chi connectivity index (χ4n) is 6.34. The van der Waals surface area contributed by atoms with Crippen molar-refractivity contribution in [2.24, 2.45) is 17.8 Å². The number of hydrogen-bond donors (Lipinski definition) is 1. The molecule has 0 unspecified atom stereocenters. The van der Waals surface area contributed by atoms with Crippen LogP contribution in [0.25, 0.3) is 0 Å². The number of amides is 1. The molecule has 6 rings (SSSR count). The Balaban J connectivity index is 1.34. The van der Waals surface area contributed by atoms with Crippen molar-refractivity contribution in [3.63, 3.8) is 0 Å². The Bertz CT molecular complexity index is 870. The number of rotatable bonds is 4. The Labute approximate surface area is 165 Å². The van der Waals surface area contributed by atoms with Crippen LogP contribution in [-0.4, -0.2) is 13.0 Å². The van der Waals surface area contributed by atoms with Gasteiger partial charge in [0, 0.05) is 12.6 Å². The van der Waals surface area contributed by atoms with Crippen molar-refractivity contribution in [3.8, 4) is 11.5 Å². The van der Waals surface area contributed by atoms with Crippen molar-refractivity contribution in [2.75, 3.05) is 7.05 Å². The van der Waals surface area contributed by atoms with Crippen LogP contribution in [-0.2, 0) is 5.41 Å². The lowest BCUT2D eigenvalue weighted by Gasteiger charge is -2.57. The fraction of sp³-hybridized carbons (Fsp3) is 0.458. The van der Waals surface area contributed by atoms with Crippen LogP contribution in [0.3, 0.4) is 0 Å². The molecule has 2 aromatic rings. The highest BCUT2D eigenvalue weighted by atomic mass is 19.1. The van der Waals surface area contributed by atoms with Gasteiger partial charge in [-0.05, 0) is 97.6 Å². The maximum absolute atomic E-state index is 14.3. The van der Waals surface area contributed by atoms with Crippen LogP contribution in [0.5, 0.6) is 11.5 Å². The molecule has 4 fully saturated rings. The van der Waals surface area contributed by atoms with E-state index in [0.29, 0.717) is 11.2 Å². The molecule has 0 radical (unpaired) electrons. The van der Waals surface area contributed by atoms with E-state index in [9.17, 15) is 9.18 Å². The van der Waals surface area contributed by atoms with Gasteiger partial charge in [-0.15, -0.1) is 0 Å². The molecule has 3 nitrogen and oxygen atoms in total. The van der Waals surface area contributed by atoms with Crippen LogP contribution in [0.4, 0.5) is 4.39 Å². The average Bonchev–Trinajstić information content (AvgIpc) is 2.68. The molecule has 4 bridgehead atoms. The van der Waals surface area contributed by atoms with Gasteiger partial charge < -0.3 is 10.1 Å². The first kappa shape index (κ1) is 17.7. The predicted octanol–water partition coefficient (Wildman–Crippen LogP) is 5.45. The minimum atomic E-state index is -0.536. The standard InChI is InChI=1S/C24H26FNO2/c1-26-23(27)18-2-7-22(21(25)11-18)28-20-5-3-19(4-6-20)24-12-15-8-16(13-24)10-17(9-15)14-24/h2-7,11,15-17H,8-10,12-14H2,1H3,(H,26,27). The summed E-state index contributed by atoms with van der Waals surface area (Å²) in [5, 5.41) is 2.49. The van der Waals surface area contributed by atoms with E-state index in [1.807, 2.05) is 12.1 Å². The number of carbonyl (C=O) groups is 1. The summed E-state index contributed by atoms with van der Waals surface area (Å²) in [5.41, 5.74) is 2.06. The Morgan fingerprint density at radius 2 is 1.61 bits per heavy atom. The largest absolute Gasteiger partial charge is 0.454 e. The summed E-state index contributed by atoms with van der Waals surface area (Å²) in [6, 6.07) is 12.6. The summed E-state index contributed by atoms with van der Waals surface area (Å²) in [7, 11) is 1.52. The predicted molar refractivity (Wildman–Crippen MR) is 106 cm³/mol. The molecule has 4 heteroatoms. The van der Waals surface area contributed by atoms with E-state index in [-0.39, 0.29) is 17.2 Å². The van der Waals surface area contributed by atoms with Gasteiger partial charge in [-0.25, -0.2) is 4.39 Å². The summed E-state index contributed by atoms with van der Waals surface area (Å²) in [6.07, 6.45) is 8.29. The zero-order valence-electron chi connectivity index (χ0n) is 16.2. The molecule has 4 aliphatic carbocycles. The van der Waals surface area contributed by atoms with Gasteiger partial charge in [0.25, 0.3) is 5.91 Å². The van der Waals surface area contributed by atoms with Gasteiger partial charge in [-0.1, -0.05) is 12.1 Å². The van der Waals surface area contributed by atoms with Gasteiger partial charge in [-0.2, -0.15) is 0 Å². The summed E-state index contributed by atoms with van der Waals surface area (Å²) >= 11 is 0. The van der Waals surface area contributed by atoms with Crippen molar-refractivity contribution in [3.05, 3.63) is 59.4 Å². The van der Waals surface area contributed by atoms with Crippen LogP contribution >= 0.6 is 0 Å². The lowest BCUT2D eigenvalue weighted by atomic mass is 9.48. The van der Waals surface area contributed by atoms with E-state index in [1.54, 1.807) is 6.07 Å². The zero-order valence-corrected chi connectivity index (χ0v) is 16.2. The first-order valence-electron chi connectivity index (χ1n) is 10.3. The molecule has 0 atom stereocenters. The second-order valence-corrected chi connectivity index (χ2v) is 9.05. The summed E-state index contributed by atoms with van der Waals surface area (Å²) in [6.45, 7) is 0. The van der Waals surface area contributed by atoms with Crippen LogP contribution in [0.1, 0.15) is 54.4 Å². The Morgan fingerprint density at radius 3 is 2.14 bits per heavy atom. The van der Waals surface area contributed by atoms with Crippen molar-refractivity contribution in [1.29, 1.82) is 0 Å². The van der Waals surface area contributed by atoms with Crippen LogP contribution < -0.4 is 10.1 Å². The molecule has 0 aromatic heterocycles. The van der Waals surface area contributed by atoms with Crippen molar-refractivity contribution in [2.45, 2.75) is 43.9 Å². The fourth-order valence-corrected chi connectivity index (χ4v) is 6.34. The smallest absolute Gasteiger partial charge is 0.251 e. The number of carbonyl (C=O) groups excluding carboxylic acids is 1. The molecule has 1 N–H and O–H groups in total. The number of hydrogen-bond acceptors (Lipinski definition) is 2. The minimum absolute atomic E-state index is 0.134. The first-order valence-corrected chi connectivity index (χ1v) is 10.3. The Hall–Kier alpha value is -2.36. The third-order valence-corrected chi connectivity index (χ3v) is 7.15. The molecular formula is C24H26FNO2. The minimum Gasteiger partial charge on any atom is -0.454 e. The molecule has 4 aliphatic rings. The second kappa shape index (κ2) is 6.61. The van der Waals surface area contributed by atoms with Gasteiger partial charge in [-0.3, -0.25) is 4.79 Å². The topological polar surface area (TPSA) is 38.3 Å². The van der Waals surface area contributed by atoms with Crippen molar-refractivity contribution < 1.29 is 13.9 Å². The van der Waals surface area contributed by atoms with E-state index in [0.717, 1.165) is 17.8 Å². The van der Waals surface area contributed by atoms with Gasteiger partial charge >= 0.3 is 0 Å². The van der Waals surface area contributed by atoms with Gasteiger partial charge in [0.2, 0.25) is 0 Å². The van der Waals surface area contributed by atoms with E-state index < -0.39 is 5.82 Å². The molecule has 1 amide bonds. The van der Waals surface area contributed by atoms with Crippen molar-refractivity contribution in [1.82, 2.24) is 5.32 Å². The molecule has 0 spiro atoms. The lowest BCUT2D eigenvalue weighted by Crippen LogP contribution is -2.48. The molecule has 0 aliphatic heterocycles. The number of nitrogens with one attached hydrogen (secondary N) is 1. The summed E-state index contributed by atoms with van der Waals surface area (Å²) in [4.78, 5) is 11.6. The van der Waals surface area contributed by atoms with Crippen molar-refractivity contribution >= 4 is 5.91 Å². The second-order valence-electron chi connectivity index (χ2n) is 9.05. The molecule has 2 aromatic carbocycles. The van der Waals surface area contributed by atoms with Crippen LogP contribution in [0, 0.1) is 23.6 Å². The molecule has 0 heterocycles. The van der Waals surface area contributed by atoms with E-state index in [4.69, 9.17) is 4.74 Å². The number of benzene rings is 2. The quantitative estimate of drug-likeness (QED) is 0.768. The SMILES string of the molecule is CNC(=O)c1ccc(Oc2ccc(C34CC5CC(CC(C5)C3)C4)cc2)c(F)c1. The van der Waals surface area contributed by atoms with E-state index in [2.05, 4.69) is 17.4 Å². The monoisotopic (exact) mass is 379 g/mol. The lowest BCUT2D eigenvalue weighted by molar-refractivity contribution is -0.00520. The van der Waals surface area contributed by atoms with E-state index >= 15 is 0 Å². The highest BCUT2D eigenvalue weighted by Gasteiger charge is 2.51. The Morgan fingerprint density at radius 1 is 1.00 bits per heavy atom. The van der Waals surface area contributed by atoms with Gasteiger partial charge in [0.15, 0.2) is 11.6 Å². The molecule has 146 valence electrons. The molecule has 28 heavy (non-hydrogen) atoms. The van der Waals surface area contributed by atoms with Gasteiger partial charge in [0.05, 0.1) is 0 Å². The maximum atomic E-state index is 14.3. The van der Waals surface area contributed by atoms with Gasteiger partial charge in [0.1, 0.15) is 5.75 Å². The molecule has 4 saturated carbocycles. The number of halogens is 1. The van der Waals surface area contributed by atoms with E-state index in [1.165, 1.54) is 63.3 Å². The highest BCUT2D eigenvalue weighted by molar-refractivity contribution is 5.94. The first-order chi connectivity index (χ1) is 13.5. The Kier molecular flexibility index (Phi) is 4.18. The normalized spacial score (nSPS) is 30.3. The maximum Gasteiger partial charge on any atom is 0.251 e. The number of ether oxygens (including phenoxy) is 1. The third-order valence-electron chi connectivity index (χ3n) is 7.15. The molecule has 0 saturated heterocycles. The zero-order chi connectivity index (χ0) is 19.3.